The van der Waals surface area contributed by atoms with Crippen LogP contribution in [-0.4, -0.2) is 43.3 Å². The fraction of sp³-hybridized carbons (Fsp3) is 0.333. The van der Waals surface area contributed by atoms with E-state index in [1.807, 2.05) is 0 Å². The highest BCUT2D eigenvalue weighted by atomic mass is 16.5. The quantitative estimate of drug-likeness (QED) is 0.489. The molecule has 0 spiro atoms. The molecule has 1 aromatic rings. The van der Waals surface area contributed by atoms with Gasteiger partial charge < -0.3 is 20.9 Å². The number of carbonyl (C=O) groups is 2. The molecule has 6 nitrogen and oxygen atoms in total. The summed E-state index contributed by atoms with van der Waals surface area (Å²) in [5.41, 5.74) is 6.87. The van der Waals surface area contributed by atoms with Gasteiger partial charge in [0.25, 0.3) is 5.91 Å². The fourth-order valence-corrected chi connectivity index (χ4v) is 1.66. The summed E-state index contributed by atoms with van der Waals surface area (Å²) in [6, 6.07) is 5.21. The lowest BCUT2D eigenvalue weighted by Gasteiger charge is -2.09. The number of primary amides is 1. The molecule has 0 atom stereocenters. The van der Waals surface area contributed by atoms with Gasteiger partial charge in [0, 0.05) is 17.7 Å². The van der Waals surface area contributed by atoms with Crippen LogP contribution in [0.2, 0.25) is 0 Å². The van der Waals surface area contributed by atoms with E-state index in [0.717, 1.165) is 5.56 Å². The second-order valence-electron chi connectivity index (χ2n) is 4.21. The van der Waals surface area contributed by atoms with Crippen molar-refractivity contribution >= 4 is 11.8 Å². The summed E-state index contributed by atoms with van der Waals surface area (Å²) in [6.07, 6.45) is 0. The molecule has 0 aliphatic carbocycles. The maximum absolute atomic E-state index is 12.0. The van der Waals surface area contributed by atoms with Crippen molar-refractivity contribution in [2.75, 3.05) is 26.4 Å². The molecule has 1 aromatic carbocycles. The maximum atomic E-state index is 12.0. The zero-order valence-electron chi connectivity index (χ0n) is 11.8. The summed E-state index contributed by atoms with van der Waals surface area (Å²) < 4.78 is 4.95. The van der Waals surface area contributed by atoms with E-state index in [1.54, 1.807) is 25.1 Å². The minimum Gasteiger partial charge on any atom is -0.384 e. The van der Waals surface area contributed by atoms with Gasteiger partial charge in [-0.25, -0.2) is 0 Å². The predicted molar refractivity (Wildman–Crippen MR) is 77.5 cm³/mol. The Morgan fingerprint density at radius 3 is 2.86 bits per heavy atom. The van der Waals surface area contributed by atoms with Gasteiger partial charge in [0.15, 0.2) is 0 Å². The van der Waals surface area contributed by atoms with Gasteiger partial charge in [0.2, 0.25) is 5.91 Å². The van der Waals surface area contributed by atoms with Crippen LogP contribution in [0.15, 0.2) is 18.2 Å². The number of hydrogen-bond acceptors (Lipinski definition) is 4. The van der Waals surface area contributed by atoms with Crippen LogP contribution in [0.5, 0.6) is 0 Å². The number of benzene rings is 1. The number of aliphatic hydroxyl groups is 1. The summed E-state index contributed by atoms with van der Waals surface area (Å²) in [5.74, 6) is 4.55. The SMILES string of the molecule is Cc1c(C#CCO)cccc1C(=O)NCCOCC(N)=O. The van der Waals surface area contributed by atoms with E-state index in [0.29, 0.717) is 11.1 Å². The second-order valence-corrected chi connectivity index (χ2v) is 4.21. The van der Waals surface area contributed by atoms with Gasteiger partial charge in [-0.2, -0.15) is 0 Å². The van der Waals surface area contributed by atoms with Crippen LogP contribution >= 0.6 is 0 Å². The Hall–Kier alpha value is -2.36. The van der Waals surface area contributed by atoms with Gasteiger partial charge >= 0.3 is 0 Å². The number of rotatable bonds is 6. The van der Waals surface area contributed by atoms with Crippen molar-refractivity contribution in [3.63, 3.8) is 0 Å². The largest absolute Gasteiger partial charge is 0.384 e. The molecule has 6 heteroatoms. The van der Waals surface area contributed by atoms with E-state index in [9.17, 15) is 9.59 Å². The Morgan fingerprint density at radius 2 is 2.19 bits per heavy atom. The number of amides is 2. The highest BCUT2D eigenvalue weighted by Crippen LogP contribution is 2.12. The highest BCUT2D eigenvalue weighted by Gasteiger charge is 2.10. The smallest absolute Gasteiger partial charge is 0.251 e. The van der Waals surface area contributed by atoms with E-state index in [4.69, 9.17) is 15.6 Å². The Bertz CT molecular complexity index is 573. The lowest BCUT2D eigenvalue weighted by Crippen LogP contribution is -2.29. The molecule has 0 saturated heterocycles. The number of hydrogen-bond donors (Lipinski definition) is 3. The van der Waals surface area contributed by atoms with Crippen LogP contribution < -0.4 is 11.1 Å². The van der Waals surface area contributed by atoms with Crippen molar-refractivity contribution < 1.29 is 19.4 Å². The van der Waals surface area contributed by atoms with Crippen LogP contribution in [0.4, 0.5) is 0 Å². The predicted octanol–water partition coefficient (Wildman–Crippen LogP) is -0.429. The van der Waals surface area contributed by atoms with Crippen molar-refractivity contribution in [3.05, 3.63) is 34.9 Å². The average molecular weight is 290 g/mol. The van der Waals surface area contributed by atoms with Crippen molar-refractivity contribution in [2.45, 2.75) is 6.92 Å². The number of nitrogens with one attached hydrogen (secondary N) is 1. The standard InChI is InChI=1S/C15H18N2O4/c1-11-12(5-3-8-18)4-2-6-13(11)15(20)17-7-9-21-10-14(16)19/h2,4,6,18H,7-10H2,1H3,(H2,16,19)(H,17,20). The fourth-order valence-electron chi connectivity index (χ4n) is 1.66. The molecule has 0 aliphatic heterocycles. The molecule has 0 bridgehead atoms. The molecule has 21 heavy (non-hydrogen) atoms. The lowest BCUT2D eigenvalue weighted by molar-refractivity contribution is -0.122. The third-order valence-corrected chi connectivity index (χ3v) is 2.66. The Labute approximate surface area is 123 Å². The van der Waals surface area contributed by atoms with E-state index in [1.165, 1.54) is 0 Å². The third kappa shape index (κ3) is 5.65. The van der Waals surface area contributed by atoms with Gasteiger partial charge in [0.05, 0.1) is 6.61 Å². The summed E-state index contributed by atoms with van der Waals surface area (Å²) >= 11 is 0. The van der Waals surface area contributed by atoms with Crippen LogP contribution in [0, 0.1) is 18.8 Å². The van der Waals surface area contributed by atoms with Crippen LogP contribution in [0.3, 0.4) is 0 Å². The molecule has 0 heterocycles. The van der Waals surface area contributed by atoms with E-state index in [-0.39, 0.29) is 32.3 Å². The van der Waals surface area contributed by atoms with Gasteiger partial charge in [-0.3, -0.25) is 9.59 Å². The van der Waals surface area contributed by atoms with Gasteiger partial charge in [-0.1, -0.05) is 17.9 Å². The van der Waals surface area contributed by atoms with E-state index < -0.39 is 5.91 Å². The monoisotopic (exact) mass is 290 g/mol. The highest BCUT2D eigenvalue weighted by molar-refractivity contribution is 5.96. The van der Waals surface area contributed by atoms with Gasteiger partial charge in [-0.05, 0) is 24.6 Å². The minimum absolute atomic E-state index is 0.166. The van der Waals surface area contributed by atoms with Gasteiger partial charge in [-0.15, -0.1) is 0 Å². The van der Waals surface area contributed by atoms with Gasteiger partial charge in [0.1, 0.15) is 13.2 Å². The maximum Gasteiger partial charge on any atom is 0.251 e. The van der Waals surface area contributed by atoms with Crippen molar-refractivity contribution in [1.29, 1.82) is 0 Å². The normalized spacial score (nSPS) is 9.62. The molecule has 112 valence electrons. The van der Waals surface area contributed by atoms with Crippen molar-refractivity contribution in [1.82, 2.24) is 5.32 Å². The molecule has 0 unspecified atom stereocenters. The topological polar surface area (TPSA) is 102 Å². The summed E-state index contributed by atoms with van der Waals surface area (Å²) in [4.78, 5) is 22.5. The van der Waals surface area contributed by atoms with Crippen molar-refractivity contribution in [2.24, 2.45) is 5.73 Å². The third-order valence-electron chi connectivity index (χ3n) is 2.66. The first kappa shape index (κ1) is 16.7. The van der Waals surface area contributed by atoms with E-state index in [2.05, 4.69) is 17.2 Å². The van der Waals surface area contributed by atoms with Crippen molar-refractivity contribution in [3.8, 4) is 11.8 Å². The minimum atomic E-state index is -0.549. The average Bonchev–Trinajstić information content (AvgIpc) is 2.45. The summed E-state index contributed by atoms with van der Waals surface area (Å²) in [5, 5.41) is 11.4. The Kier molecular flexibility index (Phi) is 6.95. The molecule has 2 amide bonds. The zero-order valence-corrected chi connectivity index (χ0v) is 11.8. The van der Waals surface area contributed by atoms with E-state index >= 15 is 0 Å². The number of aliphatic hydroxyl groups excluding tert-OH is 1. The summed E-state index contributed by atoms with van der Waals surface area (Å²) in [6.45, 7) is 1.88. The van der Waals surface area contributed by atoms with Crippen LogP contribution in [0.25, 0.3) is 0 Å². The second kappa shape index (κ2) is 8.74. The molecular formula is C15H18N2O4. The molecule has 0 radical (unpaired) electrons. The number of ether oxygens (including phenoxy) is 1. The molecule has 0 saturated carbocycles. The van der Waals surface area contributed by atoms with Crippen LogP contribution in [-0.2, 0) is 9.53 Å². The zero-order chi connectivity index (χ0) is 15.7. The molecule has 0 aromatic heterocycles. The number of nitrogens with two attached hydrogens (primary N) is 1. The molecule has 1 rings (SSSR count). The van der Waals surface area contributed by atoms with Crippen LogP contribution in [0.1, 0.15) is 21.5 Å². The Balaban J connectivity index is 2.60. The molecule has 4 N–H and O–H groups in total. The molecular weight excluding hydrogens is 272 g/mol. The number of carbonyl (C=O) groups excluding carboxylic acids is 2. The molecule has 0 fully saturated rings. The molecule has 0 aliphatic rings. The first-order valence-corrected chi connectivity index (χ1v) is 6.40. The first-order valence-electron chi connectivity index (χ1n) is 6.40. The Morgan fingerprint density at radius 1 is 1.43 bits per heavy atom. The lowest BCUT2D eigenvalue weighted by atomic mass is 10.0. The summed E-state index contributed by atoms with van der Waals surface area (Å²) in [7, 11) is 0. The first-order chi connectivity index (χ1) is 10.1.